The van der Waals surface area contributed by atoms with Gasteiger partial charge in [-0.15, -0.1) is 6.58 Å². The predicted molar refractivity (Wildman–Crippen MR) is 55.2 cm³/mol. The van der Waals surface area contributed by atoms with E-state index < -0.39 is 0 Å². The van der Waals surface area contributed by atoms with E-state index in [0.29, 0.717) is 0 Å². The first-order valence-corrected chi connectivity index (χ1v) is 4.82. The molecule has 0 rings (SSSR count). The highest BCUT2D eigenvalue weighted by atomic mass is 14.8. The lowest BCUT2D eigenvalue weighted by molar-refractivity contribution is 0.606. The molecule has 0 aliphatic heterocycles. The Kier molecular flexibility index (Phi) is 8.51. The molecule has 0 aliphatic rings. The van der Waals surface area contributed by atoms with Crippen molar-refractivity contribution in [2.24, 2.45) is 5.73 Å². The molecule has 2 nitrogen and oxygen atoms in total. The normalized spacial score (nSPS) is 10.2. The van der Waals surface area contributed by atoms with Crippen molar-refractivity contribution in [3.05, 3.63) is 12.2 Å². The molecule has 0 aliphatic carbocycles. The standard InChI is InChI=1S/C10H22N2/c1-10(2)6-3-4-8-12-9-5-7-11/h12H,1,3-9,11H2,2H3. The third-order valence-corrected chi connectivity index (χ3v) is 1.76. The molecule has 0 aromatic rings. The van der Waals surface area contributed by atoms with Gasteiger partial charge in [0.2, 0.25) is 0 Å². The summed E-state index contributed by atoms with van der Waals surface area (Å²) >= 11 is 0. The lowest BCUT2D eigenvalue weighted by Crippen LogP contribution is -2.19. The van der Waals surface area contributed by atoms with Gasteiger partial charge in [-0.1, -0.05) is 5.57 Å². The van der Waals surface area contributed by atoms with Crippen molar-refractivity contribution in [1.29, 1.82) is 0 Å². The molecule has 0 unspecified atom stereocenters. The van der Waals surface area contributed by atoms with Crippen LogP contribution in [-0.4, -0.2) is 19.6 Å². The fourth-order valence-corrected chi connectivity index (χ4v) is 1.03. The van der Waals surface area contributed by atoms with Crippen LogP contribution in [0.4, 0.5) is 0 Å². The molecule has 2 heteroatoms. The van der Waals surface area contributed by atoms with E-state index in [0.717, 1.165) is 26.1 Å². The Bertz CT molecular complexity index is 110. The third kappa shape index (κ3) is 9.66. The van der Waals surface area contributed by atoms with Crippen LogP contribution in [-0.2, 0) is 0 Å². The predicted octanol–water partition coefficient (Wildman–Crippen LogP) is 1.67. The van der Waals surface area contributed by atoms with Crippen LogP contribution in [0.3, 0.4) is 0 Å². The lowest BCUT2D eigenvalue weighted by Gasteiger charge is -2.03. The van der Waals surface area contributed by atoms with E-state index >= 15 is 0 Å². The summed E-state index contributed by atoms with van der Waals surface area (Å²) < 4.78 is 0. The summed E-state index contributed by atoms with van der Waals surface area (Å²) in [6.07, 6.45) is 4.75. The minimum absolute atomic E-state index is 0.790. The topological polar surface area (TPSA) is 38.0 Å². The van der Waals surface area contributed by atoms with E-state index in [4.69, 9.17) is 5.73 Å². The van der Waals surface area contributed by atoms with E-state index in [-0.39, 0.29) is 0 Å². The molecule has 0 radical (unpaired) electrons. The van der Waals surface area contributed by atoms with Crippen LogP contribution in [0.2, 0.25) is 0 Å². The second-order valence-corrected chi connectivity index (χ2v) is 3.31. The molecule has 0 saturated carbocycles. The van der Waals surface area contributed by atoms with Gasteiger partial charge in [0.15, 0.2) is 0 Å². The molecule has 0 fully saturated rings. The Morgan fingerprint density at radius 2 is 1.92 bits per heavy atom. The average Bonchev–Trinajstić information content (AvgIpc) is 2.02. The highest BCUT2D eigenvalue weighted by Crippen LogP contribution is 2.02. The quantitative estimate of drug-likeness (QED) is 0.429. The van der Waals surface area contributed by atoms with Gasteiger partial charge in [0.05, 0.1) is 0 Å². The second kappa shape index (κ2) is 8.75. The summed E-state index contributed by atoms with van der Waals surface area (Å²) in [6.45, 7) is 8.92. The van der Waals surface area contributed by atoms with E-state index in [1.807, 2.05) is 0 Å². The van der Waals surface area contributed by atoms with Gasteiger partial charge in [-0.05, 0) is 52.2 Å². The lowest BCUT2D eigenvalue weighted by atomic mass is 10.1. The molecule has 0 heterocycles. The molecular formula is C10H22N2. The van der Waals surface area contributed by atoms with Gasteiger partial charge in [-0.2, -0.15) is 0 Å². The van der Waals surface area contributed by atoms with Gasteiger partial charge in [0.25, 0.3) is 0 Å². The van der Waals surface area contributed by atoms with Crippen LogP contribution in [0, 0.1) is 0 Å². The van der Waals surface area contributed by atoms with Gasteiger partial charge in [-0.25, -0.2) is 0 Å². The summed E-state index contributed by atoms with van der Waals surface area (Å²) in [5.41, 5.74) is 6.65. The molecule has 0 saturated heterocycles. The maximum Gasteiger partial charge on any atom is -0.00369 e. The Labute approximate surface area is 76.2 Å². The molecule has 72 valence electrons. The van der Waals surface area contributed by atoms with Gasteiger partial charge in [0.1, 0.15) is 0 Å². The van der Waals surface area contributed by atoms with Gasteiger partial charge in [-0.3, -0.25) is 0 Å². The van der Waals surface area contributed by atoms with Gasteiger partial charge >= 0.3 is 0 Å². The Morgan fingerprint density at radius 1 is 1.25 bits per heavy atom. The summed E-state index contributed by atoms with van der Waals surface area (Å²) in [7, 11) is 0. The van der Waals surface area contributed by atoms with Crippen LogP contribution in [0.25, 0.3) is 0 Å². The van der Waals surface area contributed by atoms with Crippen molar-refractivity contribution >= 4 is 0 Å². The first-order chi connectivity index (χ1) is 5.77. The average molecular weight is 170 g/mol. The highest BCUT2D eigenvalue weighted by molar-refractivity contribution is 4.87. The SMILES string of the molecule is C=C(C)CCCCNCCCN. The molecule has 0 aromatic carbocycles. The van der Waals surface area contributed by atoms with E-state index in [1.54, 1.807) is 0 Å². The van der Waals surface area contributed by atoms with Gasteiger partial charge in [0, 0.05) is 0 Å². The zero-order valence-electron chi connectivity index (χ0n) is 8.23. The summed E-state index contributed by atoms with van der Waals surface area (Å²) in [6, 6.07) is 0. The third-order valence-electron chi connectivity index (χ3n) is 1.76. The largest absolute Gasteiger partial charge is 0.330 e. The molecule has 3 N–H and O–H groups in total. The van der Waals surface area contributed by atoms with E-state index in [9.17, 15) is 0 Å². The zero-order valence-corrected chi connectivity index (χ0v) is 8.23. The molecule has 0 amide bonds. The molecule has 0 aromatic heterocycles. The first kappa shape index (κ1) is 11.7. The molecule has 0 bridgehead atoms. The maximum atomic E-state index is 5.36. The summed E-state index contributed by atoms with van der Waals surface area (Å²) in [5.74, 6) is 0. The fourth-order valence-electron chi connectivity index (χ4n) is 1.03. The zero-order chi connectivity index (χ0) is 9.23. The molecule has 0 spiro atoms. The Morgan fingerprint density at radius 3 is 2.50 bits per heavy atom. The van der Waals surface area contributed by atoms with Crippen LogP contribution >= 0.6 is 0 Å². The number of nitrogens with one attached hydrogen (secondary N) is 1. The number of hydrogen-bond donors (Lipinski definition) is 2. The van der Waals surface area contributed by atoms with E-state index in [2.05, 4.69) is 18.8 Å². The van der Waals surface area contributed by atoms with Crippen LogP contribution in [0.5, 0.6) is 0 Å². The summed E-state index contributed by atoms with van der Waals surface area (Å²) in [5, 5.41) is 3.35. The van der Waals surface area contributed by atoms with Crippen molar-refractivity contribution < 1.29 is 0 Å². The van der Waals surface area contributed by atoms with Crippen LogP contribution in [0.15, 0.2) is 12.2 Å². The number of rotatable bonds is 8. The van der Waals surface area contributed by atoms with Crippen molar-refractivity contribution in [2.75, 3.05) is 19.6 Å². The van der Waals surface area contributed by atoms with Crippen LogP contribution in [0.1, 0.15) is 32.6 Å². The number of hydrogen-bond acceptors (Lipinski definition) is 2. The number of nitrogens with two attached hydrogens (primary N) is 1. The first-order valence-electron chi connectivity index (χ1n) is 4.82. The van der Waals surface area contributed by atoms with Crippen molar-refractivity contribution in [3.63, 3.8) is 0 Å². The second-order valence-electron chi connectivity index (χ2n) is 3.31. The Balaban J connectivity index is 2.86. The monoisotopic (exact) mass is 170 g/mol. The molecule has 0 atom stereocenters. The molecule has 12 heavy (non-hydrogen) atoms. The summed E-state index contributed by atoms with van der Waals surface area (Å²) in [4.78, 5) is 0. The highest BCUT2D eigenvalue weighted by Gasteiger charge is 1.89. The minimum atomic E-state index is 0.790. The fraction of sp³-hybridized carbons (Fsp3) is 0.800. The minimum Gasteiger partial charge on any atom is -0.330 e. The van der Waals surface area contributed by atoms with Crippen LogP contribution < -0.4 is 11.1 Å². The van der Waals surface area contributed by atoms with Crippen molar-refractivity contribution in [3.8, 4) is 0 Å². The Hall–Kier alpha value is -0.340. The number of allylic oxidation sites excluding steroid dienone is 1. The van der Waals surface area contributed by atoms with Gasteiger partial charge < -0.3 is 11.1 Å². The molecular weight excluding hydrogens is 148 g/mol. The number of unbranched alkanes of at least 4 members (excludes halogenated alkanes) is 1. The van der Waals surface area contributed by atoms with E-state index in [1.165, 1.54) is 24.8 Å². The maximum absolute atomic E-state index is 5.36. The van der Waals surface area contributed by atoms with Crippen molar-refractivity contribution in [1.82, 2.24) is 5.32 Å². The van der Waals surface area contributed by atoms with Crippen molar-refractivity contribution in [2.45, 2.75) is 32.6 Å². The smallest absolute Gasteiger partial charge is 0.00369 e.